The lowest BCUT2D eigenvalue weighted by Gasteiger charge is -2.19. The third-order valence-corrected chi connectivity index (χ3v) is 4.20. The molecule has 0 saturated heterocycles. The molecule has 1 heterocycles. The molecule has 1 atom stereocenters. The molecule has 0 fully saturated rings. The zero-order valence-electron chi connectivity index (χ0n) is 13.4. The predicted octanol–water partition coefficient (Wildman–Crippen LogP) is 3.16. The first-order valence-corrected chi connectivity index (χ1v) is 8.25. The van der Waals surface area contributed by atoms with Crippen LogP contribution < -0.4 is 5.32 Å². The van der Waals surface area contributed by atoms with E-state index in [0.717, 1.165) is 23.4 Å². The van der Waals surface area contributed by atoms with E-state index in [4.69, 9.17) is 9.47 Å². The van der Waals surface area contributed by atoms with Gasteiger partial charge in [-0.15, -0.1) is 11.3 Å². The molecule has 0 saturated carbocycles. The first-order valence-electron chi connectivity index (χ1n) is 7.43. The Morgan fingerprint density at radius 2 is 2.14 bits per heavy atom. The van der Waals surface area contributed by atoms with E-state index in [9.17, 15) is 9.59 Å². The summed E-state index contributed by atoms with van der Waals surface area (Å²) in [5.74, 6) is -0.259. The minimum absolute atomic E-state index is 0.109. The Kier molecular flexibility index (Phi) is 5.05. The fraction of sp³-hybridized carbons (Fsp3) is 0.667. The monoisotopic (exact) mass is 326 g/mol. The molecule has 1 aliphatic carbocycles. The molecule has 0 aromatic carbocycles. The average Bonchev–Trinajstić information content (AvgIpc) is 2.77. The minimum Gasteiger partial charge on any atom is -0.466 e. The summed E-state index contributed by atoms with van der Waals surface area (Å²) in [4.78, 5) is 29.0. The number of hydrogen-bond donors (Lipinski definition) is 1. The third-order valence-electron chi connectivity index (χ3n) is 3.17. The molecule has 122 valence electrons. The third kappa shape index (κ3) is 4.43. The molecular formula is C15H22N2O4S. The molecule has 22 heavy (non-hydrogen) atoms. The van der Waals surface area contributed by atoms with Gasteiger partial charge in [0.05, 0.1) is 18.2 Å². The molecule has 1 amide bonds. The second kappa shape index (κ2) is 6.64. The maximum Gasteiger partial charge on any atom is 0.413 e. The van der Waals surface area contributed by atoms with Gasteiger partial charge in [-0.3, -0.25) is 10.1 Å². The topological polar surface area (TPSA) is 77.5 Å². The smallest absolute Gasteiger partial charge is 0.413 e. The van der Waals surface area contributed by atoms with Crippen LogP contribution in [0.2, 0.25) is 0 Å². The summed E-state index contributed by atoms with van der Waals surface area (Å²) in [7, 11) is 0. The highest BCUT2D eigenvalue weighted by atomic mass is 32.1. The van der Waals surface area contributed by atoms with Crippen LogP contribution in [0.15, 0.2) is 0 Å². The maximum atomic E-state index is 11.8. The number of ether oxygens (including phenoxy) is 2. The van der Waals surface area contributed by atoms with Crippen LogP contribution in [-0.4, -0.2) is 29.3 Å². The molecule has 1 aliphatic rings. The van der Waals surface area contributed by atoms with Crippen LogP contribution in [0.25, 0.3) is 0 Å². The predicted molar refractivity (Wildman–Crippen MR) is 84.1 cm³/mol. The molecule has 6 nitrogen and oxygen atoms in total. The summed E-state index contributed by atoms with van der Waals surface area (Å²) in [6, 6.07) is 0. The van der Waals surface area contributed by atoms with Gasteiger partial charge in [0.25, 0.3) is 0 Å². The Morgan fingerprint density at radius 1 is 1.41 bits per heavy atom. The van der Waals surface area contributed by atoms with Crippen molar-refractivity contribution < 1.29 is 19.1 Å². The second-order valence-electron chi connectivity index (χ2n) is 6.21. The van der Waals surface area contributed by atoms with Crippen LogP contribution >= 0.6 is 11.3 Å². The number of hydrogen-bond acceptors (Lipinski definition) is 6. The summed E-state index contributed by atoms with van der Waals surface area (Å²) < 4.78 is 10.3. The molecule has 1 N–H and O–H groups in total. The highest BCUT2D eigenvalue weighted by Gasteiger charge is 2.29. The van der Waals surface area contributed by atoms with E-state index in [-0.39, 0.29) is 11.9 Å². The second-order valence-corrected chi connectivity index (χ2v) is 7.29. The van der Waals surface area contributed by atoms with Gasteiger partial charge >= 0.3 is 12.1 Å². The van der Waals surface area contributed by atoms with Gasteiger partial charge < -0.3 is 9.47 Å². The number of aryl methyl sites for hydroxylation is 1. The van der Waals surface area contributed by atoms with E-state index in [1.165, 1.54) is 11.3 Å². The molecule has 1 aromatic rings. The molecule has 0 radical (unpaired) electrons. The van der Waals surface area contributed by atoms with Gasteiger partial charge in [0.2, 0.25) is 0 Å². The number of fused-ring (bicyclic) bond motifs is 1. The lowest BCUT2D eigenvalue weighted by Crippen LogP contribution is -2.27. The van der Waals surface area contributed by atoms with Crippen molar-refractivity contribution in [2.24, 2.45) is 5.92 Å². The van der Waals surface area contributed by atoms with Crippen molar-refractivity contribution in [1.29, 1.82) is 0 Å². The van der Waals surface area contributed by atoms with E-state index in [1.807, 2.05) is 27.7 Å². The maximum absolute atomic E-state index is 11.8. The van der Waals surface area contributed by atoms with Crippen LogP contribution in [0.3, 0.4) is 0 Å². The van der Waals surface area contributed by atoms with Crippen LogP contribution in [0.5, 0.6) is 0 Å². The lowest BCUT2D eigenvalue weighted by atomic mass is 9.91. The van der Waals surface area contributed by atoms with Gasteiger partial charge in [-0.2, -0.15) is 0 Å². The molecular weight excluding hydrogens is 304 g/mol. The summed E-state index contributed by atoms with van der Waals surface area (Å²) in [6.07, 6.45) is 1.58. The number of nitrogens with zero attached hydrogens (tertiary/aromatic N) is 1. The Morgan fingerprint density at radius 3 is 2.77 bits per heavy atom. The van der Waals surface area contributed by atoms with E-state index in [2.05, 4.69) is 10.3 Å². The Hall–Kier alpha value is -1.63. The zero-order chi connectivity index (χ0) is 16.3. The quantitative estimate of drug-likeness (QED) is 0.863. The van der Waals surface area contributed by atoms with Gasteiger partial charge in [0.1, 0.15) is 5.60 Å². The molecule has 0 bridgehead atoms. The summed E-state index contributed by atoms with van der Waals surface area (Å²) in [5.41, 5.74) is 0.410. The number of carbonyl (C=O) groups is 2. The van der Waals surface area contributed by atoms with Crippen molar-refractivity contribution in [3.8, 4) is 0 Å². The zero-order valence-corrected chi connectivity index (χ0v) is 14.2. The number of amides is 1. The number of anilines is 1. The first kappa shape index (κ1) is 16.7. The molecule has 1 aromatic heterocycles. The fourth-order valence-corrected chi connectivity index (χ4v) is 3.35. The summed E-state index contributed by atoms with van der Waals surface area (Å²) >= 11 is 1.40. The van der Waals surface area contributed by atoms with E-state index >= 15 is 0 Å². The van der Waals surface area contributed by atoms with Gasteiger partial charge in [-0.25, -0.2) is 9.78 Å². The van der Waals surface area contributed by atoms with Gasteiger partial charge in [-0.1, -0.05) is 0 Å². The van der Waals surface area contributed by atoms with E-state index in [1.54, 1.807) is 0 Å². The van der Waals surface area contributed by atoms with Crippen molar-refractivity contribution in [3.63, 3.8) is 0 Å². The van der Waals surface area contributed by atoms with Crippen molar-refractivity contribution in [2.45, 2.75) is 52.6 Å². The van der Waals surface area contributed by atoms with E-state index < -0.39 is 11.7 Å². The number of nitrogens with one attached hydrogen (secondary N) is 1. The number of esters is 1. The molecule has 7 heteroatoms. The average molecular weight is 326 g/mol. The molecule has 0 spiro atoms. The summed E-state index contributed by atoms with van der Waals surface area (Å²) in [6.45, 7) is 7.63. The summed E-state index contributed by atoms with van der Waals surface area (Å²) in [5, 5.41) is 3.17. The van der Waals surface area contributed by atoms with Gasteiger partial charge in [0.15, 0.2) is 5.13 Å². The molecule has 2 rings (SSSR count). The fourth-order valence-electron chi connectivity index (χ4n) is 2.28. The van der Waals surface area contributed by atoms with Crippen LogP contribution in [0.4, 0.5) is 9.93 Å². The Bertz CT molecular complexity index is 562. The van der Waals surface area contributed by atoms with Gasteiger partial charge in [0, 0.05) is 4.88 Å². The van der Waals surface area contributed by atoms with Gasteiger partial charge in [-0.05, 0) is 47.0 Å². The number of aromatic nitrogens is 1. The molecule has 0 aliphatic heterocycles. The Balaban J connectivity index is 1.99. The number of carbonyl (C=O) groups excluding carboxylic acids is 2. The highest BCUT2D eigenvalue weighted by molar-refractivity contribution is 7.15. The highest BCUT2D eigenvalue weighted by Crippen LogP contribution is 2.33. The SMILES string of the molecule is CCOC(=O)C1CCc2nc(NC(=O)OC(C)(C)C)sc2C1. The van der Waals surface area contributed by atoms with Crippen molar-refractivity contribution in [3.05, 3.63) is 10.6 Å². The molecule has 1 unspecified atom stereocenters. The number of thiazole rings is 1. The standard InChI is InChI=1S/C15H22N2O4S/c1-5-20-12(18)9-6-7-10-11(8-9)22-13(16-10)17-14(19)21-15(2,3)4/h9H,5-8H2,1-4H3,(H,16,17,19). The van der Waals surface area contributed by atoms with Crippen LogP contribution in [-0.2, 0) is 27.1 Å². The Labute approximate surface area is 134 Å². The largest absolute Gasteiger partial charge is 0.466 e. The van der Waals surface area contributed by atoms with Crippen molar-refractivity contribution in [2.75, 3.05) is 11.9 Å². The van der Waals surface area contributed by atoms with Crippen LogP contribution in [0, 0.1) is 5.92 Å². The first-order chi connectivity index (χ1) is 10.3. The van der Waals surface area contributed by atoms with Crippen LogP contribution in [0.1, 0.15) is 44.7 Å². The van der Waals surface area contributed by atoms with Crippen molar-refractivity contribution >= 4 is 28.5 Å². The normalized spacial score (nSPS) is 17.5. The lowest BCUT2D eigenvalue weighted by molar-refractivity contribution is -0.148. The van der Waals surface area contributed by atoms with E-state index in [0.29, 0.717) is 18.2 Å². The minimum atomic E-state index is -0.546. The number of rotatable bonds is 3. The van der Waals surface area contributed by atoms with Crippen molar-refractivity contribution in [1.82, 2.24) is 4.98 Å².